The van der Waals surface area contributed by atoms with Crippen LogP contribution in [0.2, 0.25) is 0 Å². The number of aromatic amines is 1. The average Bonchev–Trinajstić information content (AvgIpc) is 3.22. The minimum atomic E-state index is -4.06. The third-order valence-corrected chi connectivity index (χ3v) is 8.52. The number of esters is 2. The zero-order chi connectivity index (χ0) is 28.5. The van der Waals surface area contributed by atoms with Crippen LogP contribution in [0, 0.1) is 19.7 Å². The molecule has 4 rings (SSSR count). The predicted molar refractivity (Wildman–Crippen MR) is 143 cm³/mol. The Morgan fingerprint density at radius 1 is 1.10 bits per heavy atom. The van der Waals surface area contributed by atoms with Gasteiger partial charge in [0.1, 0.15) is 15.5 Å². The maximum absolute atomic E-state index is 13.8. The number of hydrogen-bond acceptors (Lipinski definition) is 9. The number of aryl methyl sites for hydroxylation is 1. The number of nitrogens with zero attached hydrogens (tertiary/aromatic N) is 1. The highest BCUT2D eigenvalue weighted by Crippen LogP contribution is 2.29. The van der Waals surface area contributed by atoms with Crippen LogP contribution in [0.4, 0.5) is 10.1 Å². The van der Waals surface area contributed by atoms with Gasteiger partial charge in [-0.1, -0.05) is 6.07 Å². The molecule has 0 aliphatic carbocycles. The van der Waals surface area contributed by atoms with Crippen molar-refractivity contribution in [3.63, 3.8) is 0 Å². The molecule has 2 aromatic heterocycles. The summed E-state index contributed by atoms with van der Waals surface area (Å²) in [6.07, 6.45) is -0.947. The van der Waals surface area contributed by atoms with Gasteiger partial charge in [0.05, 0.1) is 22.5 Å². The highest BCUT2D eigenvalue weighted by atomic mass is 32.2. The predicted octanol–water partition coefficient (Wildman–Crippen LogP) is 4.64. The van der Waals surface area contributed by atoms with E-state index in [2.05, 4.69) is 14.7 Å². The number of ether oxygens (including phenoxy) is 2. The third kappa shape index (κ3) is 5.68. The Morgan fingerprint density at radius 3 is 2.46 bits per heavy atom. The molecule has 2 aromatic carbocycles. The van der Waals surface area contributed by atoms with Gasteiger partial charge >= 0.3 is 11.9 Å². The molecule has 13 heteroatoms. The van der Waals surface area contributed by atoms with E-state index in [0.29, 0.717) is 10.4 Å². The monoisotopic (exact) mass is 573 g/mol. The van der Waals surface area contributed by atoms with E-state index in [1.807, 2.05) is 0 Å². The molecular weight excluding hydrogens is 549 g/mol. The minimum Gasteiger partial charge on any atom is -0.462 e. The first-order chi connectivity index (χ1) is 18.4. The van der Waals surface area contributed by atoms with E-state index >= 15 is 0 Å². The Kier molecular flexibility index (Phi) is 7.84. The molecule has 0 aliphatic heterocycles. The quantitative estimate of drug-likeness (QED) is 0.290. The summed E-state index contributed by atoms with van der Waals surface area (Å²) >= 11 is 1.02. The maximum atomic E-state index is 13.8. The summed E-state index contributed by atoms with van der Waals surface area (Å²) in [6, 6.07) is 9.21. The Hall–Kier alpha value is -4.10. The number of H-pyrrole nitrogens is 1. The summed E-state index contributed by atoms with van der Waals surface area (Å²) in [6.45, 7) is 6.39. The molecular formula is C26H24FN3O7S2. The topological polar surface area (TPSA) is 145 Å². The highest BCUT2D eigenvalue weighted by molar-refractivity contribution is 7.92. The standard InChI is InChI=1S/C26H24FN3O7S2/c1-5-36-26(33)21-14(3)20-23(31)28-22(29-24(20)38-21)15(4)37-25(32)16-9-11-17(12-10-16)30-39(34,35)19-8-6-7-18(27)13(19)2/h6-12,15,30H,5H2,1-4H3,(H,28,29,31). The van der Waals surface area contributed by atoms with E-state index in [1.165, 1.54) is 56.3 Å². The molecule has 0 bridgehead atoms. The highest BCUT2D eigenvalue weighted by Gasteiger charge is 2.23. The fourth-order valence-electron chi connectivity index (χ4n) is 3.79. The lowest BCUT2D eigenvalue weighted by Gasteiger charge is -2.13. The molecule has 204 valence electrons. The van der Waals surface area contributed by atoms with E-state index in [0.717, 1.165) is 11.3 Å². The molecule has 1 unspecified atom stereocenters. The van der Waals surface area contributed by atoms with Crippen LogP contribution in [0.3, 0.4) is 0 Å². The molecule has 10 nitrogen and oxygen atoms in total. The second-order valence-corrected chi connectivity index (χ2v) is 11.2. The summed E-state index contributed by atoms with van der Waals surface area (Å²) in [5.41, 5.74) is 0.241. The molecule has 2 N–H and O–H groups in total. The second kappa shape index (κ2) is 10.9. The molecule has 39 heavy (non-hydrogen) atoms. The number of benzene rings is 2. The van der Waals surface area contributed by atoms with Gasteiger partial charge in [-0.3, -0.25) is 9.52 Å². The van der Waals surface area contributed by atoms with Crippen LogP contribution in [-0.2, 0) is 19.5 Å². The Balaban J connectivity index is 1.50. The van der Waals surface area contributed by atoms with E-state index in [-0.39, 0.29) is 44.4 Å². The van der Waals surface area contributed by atoms with Crippen molar-refractivity contribution in [2.24, 2.45) is 0 Å². The third-order valence-electron chi connectivity index (χ3n) is 5.83. The number of carbonyl (C=O) groups is 2. The first-order valence-corrected chi connectivity index (χ1v) is 14.0. The van der Waals surface area contributed by atoms with Crippen molar-refractivity contribution in [2.45, 2.75) is 38.7 Å². The molecule has 1 atom stereocenters. The van der Waals surface area contributed by atoms with Crippen molar-refractivity contribution in [1.82, 2.24) is 9.97 Å². The summed E-state index contributed by atoms with van der Waals surface area (Å²) < 4.78 is 52.0. The van der Waals surface area contributed by atoms with Crippen LogP contribution in [0.25, 0.3) is 10.2 Å². The zero-order valence-corrected chi connectivity index (χ0v) is 23.0. The van der Waals surface area contributed by atoms with Crippen LogP contribution in [0.5, 0.6) is 0 Å². The fraction of sp³-hybridized carbons (Fsp3) is 0.231. The van der Waals surface area contributed by atoms with Crippen LogP contribution in [-0.4, -0.2) is 36.9 Å². The molecule has 0 fully saturated rings. The minimum absolute atomic E-state index is 0.0150. The SMILES string of the molecule is CCOC(=O)c1sc2nc(C(C)OC(=O)c3ccc(NS(=O)(=O)c4cccc(F)c4C)cc3)[nH]c(=O)c2c1C. The maximum Gasteiger partial charge on any atom is 0.348 e. The van der Waals surface area contributed by atoms with Crippen molar-refractivity contribution >= 4 is 49.2 Å². The first-order valence-electron chi connectivity index (χ1n) is 11.7. The average molecular weight is 574 g/mol. The van der Waals surface area contributed by atoms with Crippen molar-refractivity contribution in [2.75, 3.05) is 11.3 Å². The van der Waals surface area contributed by atoms with E-state index in [4.69, 9.17) is 9.47 Å². The fourth-order valence-corrected chi connectivity index (χ4v) is 6.19. The number of aromatic nitrogens is 2. The van der Waals surface area contributed by atoms with Gasteiger partial charge in [0.15, 0.2) is 11.9 Å². The van der Waals surface area contributed by atoms with Crippen LogP contribution in [0.1, 0.15) is 56.9 Å². The summed E-state index contributed by atoms with van der Waals surface area (Å²) in [5, 5.41) is 0.261. The van der Waals surface area contributed by atoms with Gasteiger partial charge < -0.3 is 14.5 Å². The number of carbonyl (C=O) groups excluding carboxylic acids is 2. The molecule has 0 aliphatic rings. The number of sulfonamides is 1. The number of hydrogen-bond donors (Lipinski definition) is 2. The zero-order valence-electron chi connectivity index (χ0n) is 21.3. The smallest absolute Gasteiger partial charge is 0.348 e. The molecule has 0 saturated heterocycles. The van der Waals surface area contributed by atoms with Gasteiger partial charge in [-0.2, -0.15) is 0 Å². The van der Waals surface area contributed by atoms with Gasteiger partial charge in [0.25, 0.3) is 15.6 Å². The van der Waals surface area contributed by atoms with Gasteiger partial charge in [0.2, 0.25) is 0 Å². The number of fused-ring (bicyclic) bond motifs is 1. The second-order valence-electron chi connectivity index (χ2n) is 8.50. The first kappa shape index (κ1) is 27.9. The van der Waals surface area contributed by atoms with Gasteiger partial charge in [0, 0.05) is 11.3 Å². The molecule has 0 radical (unpaired) electrons. The van der Waals surface area contributed by atoms with Crippen molar-refractivity contribution < 1.29 is 31.9 Å². The van der Waals surface area contributed by atoms with Crippen molar-refractivity contribution in [3.05, 3.63) is 86.0 Å². The Morgan fingerprint density at radius 2 is 1.79 bits per heavy atom. The number of halogens is 1. The van der Waals surface area contributed by atoms with Crippen LogP contribution in [0.15, 0.2) is 52.2 Å². The Bertz CT molecular complexity index is 1750. The normalized spacial score (nSPS) is 12.2. The van der Waals surface area contributed by atoms with E-state index in [1.54, 1.807) is 13.8 Å². The molecule has 0 spiro atoms. The number of thiophene rings is 1. The van der Waals surface area contributed by atoms with Gasteiger partial charge in [-0.15, -0.1) is 11.3 Å². The molecule has 0 saturated carbocycles. The van der Waals surface area contributed by atoms with E-state index in [9.17, 15) is 27.2 Å². The Labute approximate surface area is 226 Å². The lowest BCUT2D eigenvalue weighted by Crippen LogP contribution is -2.17. The summed E-state index contributed by atoms with van der Waals surface area (Å²) in [4.78, 5) is 45.0. The summed E-state index contributed by atoms with van der Waals surface area (Å²) in [7, 11) is -4.06. The van der Waals surface area contributed by atoms with E-state index < -0.39 is 39.4 Å². The number of nitrogens with one attached hydrogen (secondary N) is 2. The number of rotatable bonds is 8. The van der Waals surface area contributed by atoms with Crippen LogP contribution >= 0.6 is 11.3 Å². The largest absolute Gasteiger partial charge is 0.462 e. The lowest BCUT2D eigenvalue weighted by molar-refractivity contribution is 0.0319. The van der Waals surface area contributed by atoms with Crippen molar-refractivity contribution in [1.29, 1.82) is 0 Å². The molecule has 2 heterocycles. The molecule has 4 aromatic rings. The van der Waals surface area contributed by atoms with Crippen molar-refractivity contribution in [3.8, 4) is 0 Å². The summed E-state index contributed by atoms with van der Waals surface area (Å²) in [5.74, 6) is -1.84. The van der Waals surface area contributed by atoms with Gasteiger partial charge in [-0.25, -0.2) is 27.4 Å². The lowest BCUT2D eigenvalue weighted by atomic mass is 10.2. The van der Waals surface area contributed by atoms with Crippen LogP contribution < -0.4 is 10.3 Å². The number of anilines is 1. The van der Waals surface area contributed by atoms with Gasteiger partial charge in [-0.05, 0) is 69.7 Å². The molecule has 0 amide bonds.